The molecule has 1 aliphatic rings. The molecule has 1 amide bonds. The minimum Gasteiger partial charge on any atom is -0.481 e. The van der Waals surface area contributed by atoms with Gasteiger partial charge >= 0.3 is 12.1 Å². The third-order valence-corrected chi connectivity index (χ3v) is 4.71. The molecule has 2 N–H and O–H groups in total. The number of piperidine rings is 1. The Balaban J connectivity index is 2.18. The summed E-state index contributed by atoms with van der Waals surface area (Å²) >= 11 is 3.43. The predicted molar refractivity (Wildman–Crippen MR) is 76.7 cm³/mol. The van der Waals surface area contributed by atoms with Crippen LogP contribution in [-0.4, -0.2) is 40.3 Å². The average molecular weight is 342 g/mol. The van der Waals surface area contributed by atoms with Gasteiger partial charge in [0.15, 0.2) is 0 Å². The molecular formula is C14H16BrNO4. The predicted octanol–water partition coefficient (Wildman–Crippen LogP) is 2.84. The molecule has 20 heavy (non-hydrogen) atoms. The molecule has 0 spiro atoms. The van der Waals surface area contributed by atoms with Crippen molar-refractivity contribution >= 4 is 28.0 Å². The fourth-order valence-electron chi connectivity index (χ4n) is 2.60. The molecule has 0 atom stereocenters. The van der Waals surface area contributed by atoms with E-state index in [1.165, 1.54) is 4.90 Å². The Morgan fingerprint density at radius 1 is 1.20 bits per heavy atom. The maximum atomic E-state index is 11.7. The van der Waals surface area contributed by atoms with E-state index in [1.54, 1.807) is 0 Å². The number of hydrogen-bond donors (Lipinski definition) is 2. The number of aliphatic carboxylic acids is 1. The maximum Gasteiger partial charge on any atom is 0.407 e. The molecule has 0 aromatic heterocycles. The van der Waals surface area contributed by atoms with Gasteiger partial charge in [-0.1, -0.05) is 34.1 Å². The first-order chi connectivity index (χ1) is 9.44. The summed E-state index contributed by atoms with van der Waals surface area (Å²) in [6, 6.07) is 7.55. The topological polar surface area (TPSA) is 77.8 Å². The van der Waals surface area contributed by atoms with Crippen molar-refractivity contribution in [2.45, 2.75) is 19.3 Å². The number of carboxylic acid groups (broad SMARTS) is 2. The highest BCUT2D eigenvalue weighted by atomic mass is 79.9. The molecule has 0 bridgehead atoms. The highest BCUT2D eigenvalue weighted by molar-refractivity contribution is 9.10. The van der Waals surface area contributed by atoms with Crippen molar-refractivity contribution < 1.29 is 19.8 Å². The molecule has 1 aromatic carbocycles. The van der Waals surface area contributed by atoms with E-state index >= 15 is 0 Å². The van der Waals surface area contributed by atoms with E-state index in [-0.39, 0.29) is 13.1 Å². The van der Waals surface area contributed by atoms with Gasteiger partial charge in [0.25, 0.3) is 0 Å². The zero-order valence-corrected chi connectivity index (χ0v) is 12.5. The molecule has 0 radical (unpaired) electrons. The molecule has 1 heterocycles. The largest absolute Gasteiger partial charge is 0.481 e. The van der Waals surface area contributed by atoms with Crippen LogP contribution in [0.2, 0.25) is 0 Å². The van der Waals surface area contributed by atoms with Gasteiger partial charge < -0.3 is 15.1 Å². The first-order valence-electron chi connectivity index (χ1n) is 6.39. The van der Waals surface area contributed by atoms with E-state index in [1.807, 2.05) is 24.3 Å². The van der Waals surface area contributed by atoms with Gasteiger partial charge in [-0.25, -0.2) is 4.79 Å². The number of likely N-dealkylation sites (tertiary alicyclic amines) is 1. The summed E-state index contributed by atoms with van der Waals surface area (Å²) in [6.07, 6.45) is 0.119. The number of rotatable bonds is 3. The lowest BCUT2D eigenvalue weighted by Gasteiger charge is -2.38. The van der Waals surface area contributed by atoms with Gasteiger partial charge in [-0.3, -0.25) is 4.79 Å². The van der Waals surface area contributed by atoms with Gasteiger partial charge in [0.1, 0.15) is 0 Å². The number of hydrogen-bond acceptors (Lipinski definition) is 2. The van der Waals surface area contributed by atoms with Gasteiger partial charge in [-0.2, -0.15) is 0 Å². The Hall–Kier alpha value is -1.56. The minimum absolute atomic E-state index is 0.270. The van der Waals surface area contributed by atoms with Crippen molar-refractivity contribution in [3.8, 4) is 0 Å². The second-order valence-corrected chi connectivity index (χ2v) is 5.98. The zero-order chi connectivity index (χ0) is 14.8. The summed E-state index contributed by atoms with van der Waals surface area (Å²) in [4.78, 5) is 23.9. The highest BCUT2D eigenvalue weighted by Gasteiger charge is 2.42. The van der Waals surface area contributed by atoms with Crippen LogP contribution in [0.3, 0.4) is 0 Å². The molecule has 2 rings (SSSR count). The van der Waals surface area contributed by atoms with Crippen molar-refractivity contribution in [2.24, 2.45) is 5.41 Å². The number of halogens is 1. The van der Waals surface area contributed by atoms with Crippen molar-refractivity contribution in [1.29, 1.82) is 0 Å². The molecule has 0 aliphatic carbocycles. The van der Waals surface area contributed by atoms with Crippen LogP contribution in [0.1, 0.15) is 18.4 Å². The lowest BCUT2D eigenvalue weighted by atomic mass is 9.74. The van der Waals surface area contributed by atoms with Crippen LogP contribution in [0.15, 0.2) is 28.7 Å². The second-order valence-electron chi connectivity index (χ2n) is 5.12. The summed E-state index contributed by atoms with van der Waals surface area (Å²) < 4.78 is 0.890. The van der Waals surface area contributed by atoms with E-state index in [0.717, 1.165) is 10.0 Å². The van der Waals surface area contributed by atoms with Crippen molar-refractivity contribution in [2.75, 3.05) is 13.1 Å². The molecule has 5 nitrogen and oxygen atoms in total. The van der Waals surface area contributed by atoms with E-state index in [4.69, 9.17) is 5.11 Å². The van der Waals surface area contributed by atoms with Crippen LogP contribution in [-0.2, 0) is 11.2 Å². The fraction of sp³-hybridized carbons (Fsp3) is 0.429. The number of amides is 1. The van der Waals surface area contributed by atoms with Crippen LogP contribution in [0.25, 0.3) is 0 Å². The molecule has 0 saturated carbocycles. The van der Waals surface area contributed by atoms with Crippen LogP contribution in [0.5, 0.6) is 0 Å². The van der Waals surface area contributed by atoms with Gasteiger partial charge in [-0.15, -0.1) is 0 Å². The number of carbonyl (C=O) groups is 2. The van der Waals surface area contributed by atoms with Crippen molar-refractivity contribution in [3.05, 3.63) is 34.3 Å². The molecule has 108 valence electrons. The third kappa shape index (κ3) is 2.95. The standard InChI is InChI=1S/C14H16BrNO4/c15-11-4-2-1-3-10(11)9-14(12(17)18)5-7-16(8-6-14)13(19)20/h1-4H,5-9H2,(H,17,18)(H,19,20). The van der Waals surface area contributed by atoms with Crippen LogP contribution >= 0.6 is 15.9 Å². The first-order valence-corrected chi connectivity index (χ1v) is 7.19. The van der Waals surface area contributed by atoms with Crippen molar-refractivity contribution in [3.63, 3.8) is 0 Å². The zero-order valence-electron chi connectivity index (χ0n) is 10.9. The summed E-state index contributed by atoms with van der Waals surface area (Å²) in [6.45, 7) is 0.540. The normalized spacial score (nSPS) is 17.8. The summed E-state index contributed by atoms with van der Waals surface area (Å²) in [7, 11) is 0. The average Bonchev–Trinajstić information content (AvgIpc) is 2.42. The van der Waals surface area contributed by atoms with Gasteiger partial charge in [0, 0.05) is 17.6 Å². The summed E-state index contributed by atoms with van der Waals surface area (Å²) in [5.74, 6) is -0.849. The molecule has 1 saturated heterocycles. The Labute approximate surface area is 125 Å². The molecule has 1 fully saturated rings. The Bertz CT molecular complexity index is 524. The molecule has 0 unspecified atom stereocenters. The monoisotopic (exact) mass is 341 g/mol. The lowest BCUT2D eigenvalue weighted by Crippen LogP contribution is -2.47. The lowest BCUT2D eigenvalue weighted by molar-refractivity contribution is -0.151. The Morgan fingerprint density at radius 2 is 1.80 bits per heavy atom. The van der Waals surface area contributed by atoms with E-state index in [0.29, 0.717) is 19.3 Å². The first kappa shape index (κ1) is 14.8. The number of benzene rings is 1. The molecular weight excluding hydrogens is 326 g/mol. The molecule has 1 aromatic rings. The molecule has 6 heteroatoms. The quantitative estimate of drug-likeness (QED) is 0.886. The maximum absolute atomic E-state index is 11.7. The summed E-state index contributed by atoms with van der Waals surface area (Å²) in [5.41, 5.74) is 0.0641. The van der Waals surface area contributed by atoms with E-state index in [9.17, 15) is 14.7 Å². The van der Waals surface area contributed by atoms with Crippen molar-refractivity contribution in [1.82, 2.24) is 4.90 Å². The van der Waals surface area contributed by atoms with E-state index < -0.39 is 17.5 Å². The van der Waals surface area contributed by atoms with Crippen LogP contribution in [0.4, 0.5) is 4.79 Å². The minimum atomic E-state index is -0.982. The van der Waals surface area contributed by atoms with Gasteiger partial charge in [0.2, 0.25) is 0 Å². The number of nitrogens with zero attached hydrogens (tertiary/aromatic N) is 1. The van der Waals surface area contributed by atoms with Gasteiger partial charge in [-0.05, 0) is 30.9 Å². The third-order valence-electron chi connectivity index (χ3n) is 3.93. The molecule has 1 aliphatic heterocycles. The Morgan fingerprint density at radius 3 is 2.30 bits per heavy atom. The van der Waals surface area contributed by atoms with Crippen LogP contribution in [0, 0.1) is 5.41 Å². The van der Waals surface area contributed by atoms with E-state index in [2.05, 4.69) is 15.9 Å². The highest BCUT2D eigenvalue weighted by Crippen LogP contribution is 2.37. The summed E-state index contributed by atoms with van der Waals surface area (Å²) in [5, 5.41) is 18.5. The second kappa shape index (κ2) is 5.83. The fourth-order valence-corrected chi connectivity index (χ4v) is 3.02. The Kier molecular flexibility index (Phi) is 4.32. The van der Waals surface area contributed by atoms with Gasteiger partial charge in [0.05, 0.1) is 5.41 Å². The van der Waals surface area contributed by atoms with Crippen LogP contribution < -0.4 is 0 Å². The SMILES string of the molecule is O=C(O)N1CCC(Cc2ccccc2Br)(C(=O)O)CC1. The number of carboxylic acids is 1. The smallest absolute Gasteiger partial charge is 0.407 e.